The van der Waals surface area contributed by atoms with Gasteiger partial charge in [0.25, 0.3) is 0 Å². The number of nitrogens with two attached hydrogens (primary N) is 1. The predicted molar refractivity (Wildman–Crippen MR) is 272 cm³/mol. The molecule has 0 heterocycles. The summed E-state index contributed by atoms with van der Waals surface area (Å²) >= 11 is 0. The lowest BCUT2D eigenvalue weighted by Gasteiger charge is -2.20. The highest BCUT2D eigenvalue weighted by Gasteiger charge is 2.27. The van der Waals surface area contributed by atoms with Crippen molar-refractivity contribution in [3.05, 3.63) is 72.9 Å². The zero-order valence-electron chi connectivity index (χ0n) is 41.3. The third-order valence-corrected chi connectivity index (χ3v) is 11.9. The first-order valence-corrected chi connectivity index (χ1v) is 27.5. The summed E-state index contributed by atoms with van der Waals surface area (Å²) in [5, 5.41) is 8.93. The standard InChI is InChI=1S/C54H96NO9P/c1-3-5-7-9-11-13-15-17-19-21-23-24-25-26-27-29-31-33-35-37-39-41-43-45-47-61-48-51(49-62-65(59,60)63-50-52(55)54(57)58)64-53(56)46-44-42-40-38-36-34-32-30-28-22-20-18-16-14-12-10-8-6-4-2/h12,14-15,17-18,20-21,23,25-26,28,30,51-52H,3-11,13,16,19,22,24,27,29,31-50,55H2,1-2H3,(H,57,58)(H,59,60)/b14-12-,17-15-,20-18-,23-21-,26-25-,30-28-. The van der Waals surface area contributed by atoms with E-state index in [2.05, 4.69) is 86.8 Å². The number of ether oxygens (including phenoxy) is 2. The van der Waals surface area contributed by atoms with Gasteiger partial charge in [0.1, 0.15) is 12.1 Å². The number of carbonyl (C=O) groups is 2. The average Bonchev–Trinajstić information content (AvgIpc) is 3.29. The normalized spacial score (nSPS) is 14.3. The van der Waals surface area contributed by atoms with Crippen molar-refractivity contribution in [2.75, 3.05) is 26.4 Å². The number of rotatable bonds is 49. The number of allylic oxidation sites excluding steroid dienone is 12. The first-order chi connectivity index (χ1) is 31.7. The van der Waals surface area contributed by atoms with E-state index in [1.165, 1.54) is 103 Å². The van der Waals surface area contributed by atoms with Gasteiger partial charge < -0.3 is 25.2 Å². The molecule has 0 spiro atoms. The lowest BCUT2D eigenvalue weighted by molar-refractivity contribution is -0.154. The molecule has 3 atom stereocenters. The van der Waals surface area contributed by atoms with Gasteiger partial charge in [-0.25, -0.2) is 4.57 Å². The van der Waals surface area contributed by atoms with Gasteiger partial charge >= 0.3 is 19.8 Å². The number of hydrogen-bond acceptors (Lipinski definition) is 8. The highest BCUT2D eigenvalue weighted by atomic mass is 31.2. The van der Waals surface area contributed by atoms with Crippen LogP contribution in [0.25, 0.3) is 0 Å². The molecule has 4 N–H and O–H groups in total. The van der Waals surface area contributed by atoms with Crippen molar-refractivity contribution in [3.8, 4) is 0 Å². The first-order valence-electron chi connectivity index (χ1n) is 26.0. The van der Waals surface area contributed by atoms with E-state index in [0.29, 0.717) is 13.0 Å². The molecule has 0 aliphatic rings. The van der Waals surface area contributed by atoms with Crippen LogP contribution in [0.4, 0.5) is 0 Å². The summed E-state index contributed by atoms with van der Waals surface area (Å²) in [6, 6.07) is -1.48. The van der Waals surface area contributed by atoms with Crippen LogP contribution in [0.3, 0.4) is 0 Å². The molecule has 0 rings (SSSR count). The van der Waals surface area contributed by atoms with Gasteiger partial charge in [-0.1, -0.05) is 196 Å². The smallest absolute Gasteiger partial charge is 0.472 e. The van der Waals surface area contributed by atoms with Crippen molar-refractivity contribution < 1.29 is 42.7 Å². The molecule has 0 radical (unpaired) electrons. The molecular weight excluding hydrogens is 838 g/mol. The van der Waals surface area contributed by atoms with E-state index in [-0.39, 0.29) is 13.0 Å². The van der Waals surface area contributed by atoms with Crippen LogP contribution in [0, 0.1) is 0 Å². The molecule has 0 bridgehead atoms. The predicted octanol–water partition coefficient (Wildman–Crippen LogP) is 15.3. The summed E-state index contributed by atoms with van der Waals surface area (Å²) in [6.07, 6.45) is 62.4. The largest absolute Gasteiger partial charge is 0.480 e. The second kappa shape index (κ2) is 49.3. The van der Waals surface area contributed by atoms with Crippen molar-refractivity contribution in [1.82, 2.24) is 0 Å². The molecule has 3 unspecified atom stereocenters. The Labute approximate surface area is 397 Å². The number of carboxylic acids is 1. The van der Waals surface area contributed by atoms with Gasteiger partial charge in [0.2, 0.25) is 0 Å². The number of hydrogen-bond donors (Lipinski definition) is 3. The highest BCUT2D eigenvalue weighted by molar-refractivity contribution is 7.47. The summed E-state index contributed by atoms with van der Waals surface area (Å²) in [4.78, 5) is 33.7. The Balaban J connectivity index is 4.18. The van der Waals surface area contributed by atoms with Crippen LogP contribution in [-0.4, -0.2) is 60.5 Å². The molecule has 0 aliphatic heterocycles. The van der Waals surface area contributed by atoms with Crippen LogP contribution in [-0.2, 0) is 32.7 Å². The number of esters is 1. The summed E-state index contributed by atoms with van der Waals surface area (Å²) in [5.74, 6) is -1.79. The van der Waals surface area contributed by atoms with Crippen molar-refractivity contribution in [1.29, 1.82) is 0 Å². The first kappa shape index (κ1) is 62.4. The van der Waals surface area contributed by atoms with Crippen LogP contribution in [0.15, 0.2) is 72.9 Å². The number of unbranched alkanes of at least 4 members (excludes halogenated alkanes) is 23. The lowest BCUT2D eigenvalue weighted by atomic mass is 10.1. The second-order valence-electron chi connectivity index (χ2n) is 17.3. The van der Waals surface area contributed by atoms with Gasteiger partial charge in [0, 0.05) is 13.0 Å². The van der Waals surface area contributed by atoms with Gasteiger partial charge in [-0.05, 0) is 89.9 Å². The zero-order valence-corrected chi connectivity index (χ0v) is 42.2. The van der Waals surface area contributed by atoms with Crippen molar-refractivity contribution in [2.24, 2.45) is 5.73 Å². The minimum atomic E-state index is -4.63. The van der Waals surface area contributed by atoms with Crippen LogP contribution in [0.5, 0.6) is 0 Å². The summed E-state index contributed by atoms with van der Waals surface area (Å²) in [6.45, 7) is 3.82. The molecule has 0 saturated heterocycles. The van der Waals surface area contributed by atoms with E-state index in [0.717, 1.165) is 89.9 Å². The van der Waals surface area contributed by atoms with Crippen molar-refractivity contribution >= 4 is 19.8 Å². The van der Waals surface area contributed by atoms with Gasteiger partial charge in [-0.3, -0.25) is 18.6 Å². The van der Waals surface area contributed by atoms with Crippen LogP contribution in [0.1, 0.15) is 219 Å². The molecule has 376 valence electrons. The number of carboxylic acid groups (broad SMARTS) is 1. The molecule has 65 heavy (non-hydrogen) atoms. The van der Waals surface area contributed by atoms with Crippen LogP contribution < -0.4 is 5.73 Å². The number of carbonyl (C=O) groups excluding carboxylic acids is 1. The summed E-state index contributed by atoms with van der Waals surface area (Å²) in [7, 11) is -4.63. The number of phosphoric ester groups is 1. The Morgan fingerprint density at radius 2 is 0.846 bits per heavy atom. The van der Waals surface area contributed by atoms with Crippen molar-refractivity contribution in [2.45, 2.75) is 231 Å². The zero-order chi connectivity index (χ0) is 47.6. The number of phosphoric acid groups is 1. The van der Waals surface area contributed by atoms with Crippen LogP contribution in [0.2, 0.25) is 0 Å². The number of aliphatic carboxylic acids is 1. The van der Waals surface area contributed by atoms with Gasteiger partial charge in [-0.15, -0.1) is 0 Å². The van der Waals surface area contributed by atoms with Crippen molar-refractivity contribution in [3.63, 3.8) is 0 Å². The molecule has 0 aromatic rings. The Morgan fingerprint density at radius 3 is 1.29 bits per heavy atom. The Bertz CT molecular complexity index is 1310. The average molecular weight is 934 g/mol. The molecule has 0 saturated carbocycles. The fraction of sp³-hybridized carbons (Fsp3) is 0.741. The maximum atomic E-state index is 12.7. The summed E-state index contributed by atoms with van der Waals surface area (Å²) < 4.78 is 33.5. The molecule has 0 aliphatic carbocycles. The molecular formula is C54H96NO9P. The SMILES string of the molecule is CCCCC/C=C\C/C=C\C/C=C\CCCCCCCCC(=O)OC(COCCCCCCCCCCC/C=C\C/C=C\C/C=C\CCCCCCC)COP(=O)(O)OCC(N)C(=O)O. The van der Waals surface area contributed by atoms with E-state index in [1.807, 2.05) is 0 Å². The molecule has 0 aromatic carbocycles. The second-order valence-corrected chi connectivity index (χ2v) is 18.7. The van der Waals surface area contributed by atoms with E-state index in [9.17, 15) is 19.0 Å². The van der Waals surface area contributed by atoms with E-state index in [4.69, 9.17) is 29.4 Å². The Kier molecular flexibility index (Phi) is 47.4. The van der Waals surface area contributed by atoms with Gasteiger partial charge in [-0.2, -0.15) is 0 Å². The minimum absolute atomic E-state index is 0.00446. The maximum Gasteiger partial charge on any atom is 0.472 e. The Morgan fingerprint density at radius 1 is 0.492 bits per heavy atom. The minimum Gasteiger partial charge on any atom is -0.480 e. The monoisotopic (exact) mass is 934 g/mol. The fourth-order valence-electron chi connectivity index (χ4n) is 6.91. The molecule has 11 heteroatoms. The maximum absolute atomic E-state index is 12.7. The topological polar surface area (TPSA) is 155 Å². The molecule has 10 nitrogen and oxygen atoms in total. The molecule has 0 fully saturated rings. The van der Waals surface area contributed by atoms with Gasteiger partial charge in [0.15, 0.2) is 0 Å². The summed E-state index contributed by atoms with van der Waals surface area (Å²) in [5.41, 5.74) is 5.37. The van der Waals surface area contributed by atoms with Gasteiger partial charge in [0.05, 0.1) is 19.8 Å². The lowest BCUT2D eigenvalue weighted by Crippen LogP contribution is -2.34. The van der Waals surface area contributed by atoms with E-state index in [1.54, 1.807) is 0 Å². The third kappa shape index (κ3) is 49.1. The third-order valence-electron chi connectivity index (χ3n) is 11.0. The fourth-order valence-corrected chi connectivity index (χ4v) is 7.69. The van der Waals surface area contributed by atoms with E-state index >= 15 is 0 Å². The Hall–Kier alpha value is -2.59. The highest BCUT2D eigenvalue weighted by Crippen LogP contribution is 2.43. The van der Waals surface area contributed by atoms with Crippen LogP contribution >= 0.6 is 7.82 Å². The quantitative estimate of drug-likeness (QED) is 0.0232. The van der Waals surface area contributed by atoms with E-state index < -0.39 is 45.1 Å². The molecule has 0 amide bonds. The molecule has 0 aromatic heterocycles.